The molecule has 1 aromatic carbocycles. The molecule has 0 unspecified atom stereocenters. The summed E-state index contributed by atoms with van der Waals surface area (Å²) in [5, 5.41) is 16.4. The van der Waals surface area contributed by atoms with Crippen LogP contribution in [-0.4, -0.2) is 33.9 Å². The van der Waals surface area contributed by atoms with Crippen molar-refractivity contribution in [3.05, 3.63) is 51.2 Å². The molecular weight excluding hydrogens is 324 g/mol. The predicted octanol–water partition coefficient (Wildman–Crippen LogP) is 1.46. The monoisotopic (exact) mass is 336 g/mol. The SMILES string of the molecule is Nc1nc(NCCNC(=O)c2ccccc2Cl)ncc1[N+](=O)[O-]. The van der Waals surface area contributed by atoms with Gasteiger partial charge in [0.15, 0.2) is 0 Å². The van der Waals surface area contributed by atoms with Gasteiger partial charge in [-0.05, 0) is 12.1 Å². The van der Waals surface area contributed by atoms with Gasteiger partial charge in [0.1, 0.15) is 6.20 Å². The average Bonchev–Trinajstić information content (AvgIpc) is 2.51. The summed E-state index contributed by atoms with van der Waals surface area (Å²) in [6, 6.07) is 6.69. The van der Waals surface area contributed by atoms with Crippen LogP contribution in [0.25, 0.3) is 0 Å². The van der Waals surface area contributed by atoms with Gasteiger partial charge in [-0.15, -0.1) is 0 Å². The molecule has 2 aromatic rings. The molecule has 0 spiro atoms. The van der Waals surface area contributed by atoms with E-state index in [0.717, 1.165) is 6.20 Å². The summed E-state index contributed by atoms with van der Waals surface area (Å²) in [5.41, 5.74) is 5.47. The predicted molar refractivity (Wildman–Crippen MR) is 85.4 cm³/mol. The first kappa shape index (κ1) is 16.4. The largest absolute Gasteiger partial charge is 0.378 e. The first-order valence-corrected chi connectivity index (χ1v) is 6.90. The second-order valence-corrected chi connectivity index (χ2v) is 4.79. The number of nitrogens with two attached hydrogens (primary N) is 1. The van der Waals surface area contributed by atoms with Gasteiger partial charge in [-0.2, -0.15) is 4.98 Å². The Balaban J connectivity index is 1.84. The lowest BCUT2D eigenvalue weighted by molar-refractivity contribution is -0.384. The molecule has 1 heterocycles. The van der Waals surface area contributed by atoms with E-state index in [1.807, 2.05) is 0 Å². The number of aromatic nitrogens is 2. The van der Waals surface area contributed by atoms with E-state index >= 15 is 0 Å². The lowest BCUT2D eigenvalue weighted by Gasteiger charge is -2.08. The normalized spacial score (nSPS) is 10.1. The Labute approximate surface area is 136 Å². The number of carbonyl (C=O) groups is 1. The molecule has 0 radical (unpaired) electrons. The highest BCUT2D eigenvalue weighted by molar-refractivity contribution is 6.33. The van der Waals surface area contributed by atoms with E-state index < -0.39 is 4.92 Å². The zero-order chi connectivity index (χ0) is 16.8. The van der Waals surface area contributed by atoms with E-state index in [1.54, 1.807) is 24.3 Å². The Morgan fingerprint density at radius 1 is 1.35 bits per heavy atom. The maximum atomic E-state index is 11.9. The van der Waals surface area contributed by atoms with E-state index in [1.165, 1.54) is 0 Å². The summed E-state index contributed by atoms with van der Waals surface area (Å²) in [4.78, 5) is 29.4. The number of amides is 1. The van der Waals surface area contributed by atoms with Crippen molar-refractivity contribution in [2.45, 2.75) is 0 Å². The Morgan fingerprint density at radius 2 is 2.09 bits per heavy atom. The van der Waals surface area contributed by atoms with Crippen LogP contribution in [0.4, 0.5) is 17.5 Å². The molecule has 0 atom stereocenters. The number of nitrogens with zero attached hydrogens (tertiary/aromatic N) is 3. The molecule has 2 rings (SSSR count). The Morgan fingerprint density at radius 3 is 2.74 bits per heavy atom. The molecule has 0 saturated carbocycles. The van der Waals surface area contributed by atoms with Crippen LogP contribution in [0.3, 0.4) is 0 Å². The number of benzene rings is 1. The van der Waals surface area contributed by atoms with Crippen molar-refractivity contribution in [1.29, 1.82) is 0 Å². The van der Waals surface area contributed by atoms with Gasteiger partial charge in [0.05, 0.1) is 15.5 Å². The number of rotatable bonds is 6. The highest BCUT2D eigenvalue weighted by Crippen LogP contribution is 2.18. The summed E-state index contributed by atoms with van der Waals surface area (Å²) in [6.45, 7) is 0.595. The van der Waals surface area contributed by atoms with Crippen molar-refractivity contribution in [2.75, 3.05) is 24.1 Å². The molecule has 23 heavy (non-hydrogen) atoms. The number of nitrogen functional groups attached to an aromatic ring is 1. The molecule has 9 nitrogen and oxygen atoms in total. The molecule has 0 aliphatic carbocycles. The minimum Gasteiger partial charge on any atom is -0.378 e. The quantitative estimate of drug-likeness (QED) is 0.412. The van der Waals surface area contributed by atoms with Crippen molar-refractivity contribution in [1.82, 2.24) is 15.3 Å². The fourth-order valence-electron chi connectivity index (χ4n) is 1.71. The first-order valence-electron chi connectivity index (χ1n) is 6.52. The minimum absolute atomic E-state index is 0.139. The molecule has 1 aromatic heterocycles. The zero-order valence-corrected chi connectivity index (χ0v) is 12.6. The minimum atomic E-state index is -0.664. The van der Waals surface area contributed by atoms with Crippen LogP contribution in [0.1, 0.15) is 10.4 Å². The summed E-state index contributed by atoms with van der Waals surface area (Å²) < 4.78 is 0. The van der Waals surface area contributed by atoms with Crippen LogP contribution in [-0.2, 0) is 0 Å². The molecule has 4 N–H and O–H groups in total. The Bertz CT molecular complexity index is 739. The van der Waals surface area contributed by atoms with E-state index in [-0.39, 0.29) is 29.9 Å². The number of hydrogen-bond acceptors (Lipinski definition) is 7. The maximum absolute atomic E-state index is 11.9. The number of nitrogens with one attached hydrogen (secondary N) is 2. The third kappa shape index (κ3) is 4.27. The van der Waals surface area contributed by atoms with Crippen molar-refractivity contribution in [3.63, 3.8) is 0 Å². The fourth-order valence-corrected chi connectivity index (χ4v) is 1.93. The van der Waals surface area contributed by atoms with Gasteiger partial charge in [-0.3, -0.25) is 14.9 Å². The van der Waals surface area contributed by atoms with Crippen LogP contribution in [0.2, 0.25) is 5.02 Å². The van der Waals surface area contributed by atoms with E-state index in [0.29, 0.717) is 17.1 Å². The lowest BCUT2D eigenvalue weighted by Crippen LogP contribution is -2.29. The second-order valence-electron chi connectivity index (χ2n) is 4.38. The number of anilines is 2. The van der Waals surface area contributed by atoms with Crippen molar-refractivity contribution >= 4 is 35.0 Å². The van der Waals surface area contributed by atoms with Gasteiger partial charge in [-0.25, -0.2) is 4.98 Å². The third-order valence-corrected chi connectivity index (χ3v) is 3.14. The van der Waals surface area contributed by atoms with Gasteiger partial charge >= 0.3 is 5.69 Å². The van der Waals surface area contributed by atoms with E-state index in [9.17, 15) is 14.9 Å². The lowest BCUT2D eigenvalue weighted by atomic mass is 10.2. The summed E-state index contributed by atoms with van der Waals surface area (Å²) >= 11 is 5.92. The van der Waals surface area contributed by atoms with Crippen molar-refractivity contribution in [2.24, 2.45) is 0 Å². The number of nitro groups is 1. The van der Waals surface area contributed by atoms with Crippen LogP contribution in [0.15, 0.2) is 30.5 Å². The third-order valence-electron chi connectivity index (χ3n) is 2.81. The fraction of sp³-hybridized carbons (Fsp3) is 0.154. The second kappa shape index (κ2) is 7.36. The summed E-state index contributed by atoms with van der Waals surface area (Å²) in [5.74, 6) is -0.394. The highest BCUT2D eigenvalue weighted by atomic mass is 35.5. The smallest absolute Gasteiger partial charge is 0.329 e. The molecule has 0 saturated heterocycles. The molecule has 120 valence electrons. The first-order chi connectivity index (χ1) is 11.0. The van der Waals surface area contributed by atoms with Crippen molar-refractivity contribution in [3.8, 4) is 0 Å². The maximum Gasteiger partial charge on any atom is 0.329 e. The summed E-state index contributed by atoms with van der Waals surface area (Å²) in [6.07, 6.45) is 1.02. The van der Waals surface area contributed by atoms with E-state index in [2.05, 4.69) is 20.6 Å². The van der Waals surface area contributed by atoms with Gasteiger partial charge in [0, 0.05) is 13.1 Å². The molecular formula is C13H13ClN6O3. The molecule has 0 bridgehead atoms. The molecule has 10 heteroatoms. The molecule has 0 aliphatic heterocycles. The van der Waals surface area contributed by atoms with Gasteiger partial charge < -0.3 is 16.4 Å². The number of carbonyl (C=O) groups excluding carboxylic acids is 1. The standard InChI is InChI=1S/C13H13ClN6O3/c14-9-4-2-1-3-8(9)12(21)16-5-6-17-13-18-7-10(20(22)23)11(15)19-13/h1-4,7H,5-6H2,(H,16,21)(H3,15,17,18,19). The topological polar surface area (TPSA) is 136 Å². The average molecular weight is 337 g/mol. The van der Waals surface area contributed by atoms with E-state index in [4.69, 9.17) is 17.3 Å². The van der Waals surface area contributed by atoms with Gasteiger partial charge in [0.25, 0.3) is 5.91 Å². The van der Waals surface area contributed by atoms with Crippen LogP contribution >= 0.6 is 11.6 Å². The van der Waals surface area contributed by atoms with Gasteiger partial charge in [0.2, 0.25) is 11.8 Å². The van der Waals surface area contributed by atoms with Crippen molar-refractivity contribution < 1.29 is 9.72 Å². The van der Waals surface area contributed by atoms with Crippen LogP contribution < -0.4 is 16.4 Å². The Kier molecular flexibility index (Phi) is 5.26. The summed E-state index contributed by atoms with van der Waals surface area (Å²) in [7, 11) is 0. The van der Waals surface area contributed by atoms with Gasteiger partial charge in [-0.1, -0.05) is 23.7 Å². The molecule has 0 aliphatic rings. The number of halogens is 1. The molecule has 0 fully saturated rings. The Hall–Kier alpha value is -2.94. The van der Waals surface area contributed by atoms with Crippen LogP contribution in [0.5, 0.6) is 0 Å². The number of hydrogen-bond donors (Lipinski definition) is 3. The zero-order valence-electron chi connectivity index (χ0n) is 11.8. The van der Waals surface area contributed by atoms with Crippen LogP contribution in [0, 0.1) is 10.1 Å². The molecule has 1 amide bonds. The highest BCUT2D eigenvalue weighted by Gasteiger charge is 2.14.